The summed E-state index contributed by atoms with van der Waals surface area (Å²) in [7, 11) is 0. The van der Waals surface area contributed by atoms with Gasteiger partial charge in [0.1, 0.15) is 0 Å². The van der Waals surface area contributed by atoms with Crippen molar-refractivity contribution in [2.75, 3.05) is 11.9 Å². The Balaban J connectivity index is 1.86. The second kappa shape index (κ2) is 9.37. The first kappa shape index (κ1) is 20.6. The molecule has 0 bridgehead atoms. The predicted molar refractivity (Wildman–Crippen MR) is 119 cm³/mol. The number of rotatable bonds is 7. The molecule has 1 N–H and O–H groups in total. The lowest BCUT2D eigenvalue weighted by atomic mass is 9.99. The van der Waals surface area contributed by atoms with Gasteiger partial charge in [-0.15, -0.1) is 0 Å². The first-order chi connectivity index (χ1) is 13.5. The van der Waals surface area contributed by atoms with Gasteiger partial charge in [-0.2, -0.15) is 0 Å². The summed E-state index contributed by atoms with van der Waals surface area (Å²) >= 11 is 9.92. The SMILES string of the molecule is [CH2]COCc1cc(Br)ccc1Nc1ccc(C(=O)c2ccccc2C)c(Cl)c1. The van der Waals surface area contributed by atoms with Crippen LogP contribution in [0.3, 0.4) is 0 Å². The van der Waals surface area contributed by atoms with Gasteiger partial charge < -0.3 is 10.1 Å². The molecule has 0 aliphatic carbocycles. The average molecular weight is 458 g/mol. The maximum Gasteiger partial charge on any atom is 0.194 e. The van der Waals surface area contributed by atoms with Crippen molar-refractivity contribution in [3.8, 4) is 0 Å². The molecule has 3 aromatic carbocycles. The van der Waals surface area contributed by atoms with Crippen LogP contribution in [0, 0.1) is 13.8 Å². The Morgan fingerprint density at radius 1 is 1.11 bits per heavy atom. The lowest BCUT2D eigenvalue weighted by Crippen LogP contribution is -2.05. The quantitative estimate of drug-likeness (QED) is 0.399. The van der Waals surface area contributed by atoms with Crippen LogP contribution in [0.5, 0.6) is 0 Å². The zero-order valence-electron chi connectivity index (χ0n) is 15.5. The third-order valence-corrected chi connectivity index (χ3v) is 5.16. The van der Waals surface area contributed by atoms with E-state index in [9.17, 15) is 4.79 Å². The first-order valence-corrected chi connectivity index (χ1v) is 9.99. The van der Waals surface area contributed by atoms with Crippen LogP contribution in [-0.2, 0) is 11.3 Å². The van der Waals surface area contributed by atoms with Gasteiger partial charge in [0.15, 0.2) is 5.78 Å². The Bertz CT molecular complexity index is 1000. The summed E-state index contributed by atoms with van der Waals surface area (Å²) in [4.78, 5) is 12.8. The number of halogens is 2. The van der Waals surface area contributed by atoms with Crippen molar-refractivity contribution in [2.45, 2.75) is 13.5 Å². The topological polar surface area (TPSA) is 38.3 Å². The molecule has 0 aliphatic heterocycles. The predicted octanol–water partition coefficient (Wildman–Crippen LogP) is 6.74. The Morgan fingerprint density at radius 2 is 1.89 bits per heavy atom. The number of carbonyl (C=O) groups is 1. The number of ether oxygens (including phenoxy) is 1. The largest absolute Gasteiger partial charge is 0.377 e. The van der Waals surface area contributed by atoms with Gasteiger partial charge in [-0.05, 0) is 55.8 Å². The monoisotopic (exact) mass is 456 g/mol. The standard InChI is InChI=1S/C23H20BrClNO2/c1-3-28-14-16-12-17(24)8-11-22(16)26-18-9-10-20(21(25)13-18)23(27)19-7-5-4-6-15(19)2/h4-13,26H,1,3,14H2,2H3. The molecule has 143 valence electrons. The number of aryl methyl sites for hydroxylation is 1. The van der Waals surface area contributed by atoms with Crippen LogP contribution in [-0.4, -0.2) is 12.4 Å². The van der Waals surface area contributed by atoms with E-state index in [0.29, 0.717) is 29.4 Å². The summed E-state index contributed by atoms with van der Waals surface area (Å²) in [6.07, 6.45) is 0. The van der Waals surface area contributed by atoms with E-state index in [-0.39, 0.29) is 5.78 Å². The van der Waals surface area contributed by atoms with Gasteiger partial charge in [-0.25, -0.2) is 0 Å². The highest BCUT2D eigenvalue weighted by Crippen LogP contribution is 2.29. The zero-order valence-corrected chi connectivity index (χ0v) is 17.8. The number of anilines is 2. The second-order valence-electron chi connectivity index (χ2n) is 6.32. The second-order valence-corrected chi connectivity index (χ2v) is 7.64. The van der Waals surface area contributed by atoms with Gasteiger partial charge in [-0.3, -0.25) is 4.79 Å². The highest BCUT2D eigenvalue weighted by Gasteiger charge is 2.15. The van der Waals surface area contributed by atoms with E-state index in [1.807, 2.05) is 55.5 Å². The molecule has 0 saturated carbocycles. The summed E-state index contributed by atoms with van der Waals surface area (Å²) < 4.78 is 6.42. The molecule has 28 heavy (non-hydrogen) atoms. The normalized spacial score (nSPS) is 10.7. The molecule has 0 fully saturated rings. The van der Waals surface area contributed by atoms with Crippen molar-refractivity contribution in [3.05, 3.63) is 99.3 Å². The molecule has 0 atom stereocenters. The third-order valence-electron chi connectivity index (χ3n) is 4.35. The van der Waals surface area contributed by atoms with Gasteiger partial charge in [-0.1, -0.05) is 51.8 Å². The van der Waals surface area contributed by atoms with E-state index in [1.165, 1.54) is 0 Å². The zero-order chi connectivity index (χ0) is 20.1. The summed E-state index contributed by atoms with van der Waals surface area (Å²) in [5.74, 6) is -0.0807. The summed E-state index contributed by atoms with van der Waals surface area (Å²) in [6, 6.07) is 18.8. The molecule has 0 spiro atoms. The molecule has 3 rings (SSSR count). The number of nitrogens with one attached hydrogen (secondary N) is 1. The summed E-state index contributed by atoms with van der Waals surface area (Å²) in [5.41, 5.74) is 4.77. The van der Waals surface area contributed by atoms with Crippen molar-refractivity contribution in [3.63, 3.8) is 0 Å². The molecule has 0 aromatic heterocycles. The highest BCUT2D eigenvalue weighted by molar-refractivity contribution is 9.10. The fourth-order valence-corrected chi connectivity index (χ4v) is 3.57. The molecular formula is C23H20BrClNO2. The van der Waals surface area contributed by atoms with Crippen molar-refractivity contribution >= 4 is 44.7 Å². The van der Waals surface area contributed by atoms with E-state index in [4.69, 9.17) is 16.3 Å². The molecule has 0 amide bonds. The number of ketones is 1. The van der Waals surface area contributed by atoms with Crippen LogP contribution in [0.2, 0.25) is 5.02 Å². The summed E-state index contributed by atoms with van der Waals surface area (Å²) in [6.45, 7) is 6.46. The number of hydrogen-bond donors (Lipinski definition) is 1. The Morgan fingerprint density at radius 3 is 2.61 bits per heavy atom. The lowest BCUT2D eigenvalue weighted by molar-refractivity contribution is 0.103. The number of hydrogen-bond acceptors (Lipinski definition) is 3. The molecule has 0 aliphatic rings. The molecule has 0 saturated heterocycles. The maximum atomic E-state index is 12.8. The van der Waals surface area contributed by atoms with E-state index >= 15 is 0 Å². The van der Waals surface area contributed by atoms with Crippen LogP contribution in [0.1, 0.15) is 27.0 Å². The van der Waals surface area contributed by atoms with Gasteiger partial charge in [0, 0.05) is 39.1 Å². The molecule has 3 nitrogen and oxygen atoms in total. The van der Waals surface area contributed by atoms with Gasteiger partial charge in [0.05, 0.1) is 11.6 Å². The van der Waals surface area contributed by atoms with Crippen LogP contribution in [0.4, 0.5) is 11.4 Å². The molecule has 3 aromatic rings. The minimum absolute atomic E-state index is 0.0807. The smallest absolute Gasteiger partial charge is 0.194 e. The van der Waals surface area contributed by atoms with E-state index < -0.39 is 0 Å². The number of benzene rings is 3. The van der Waals surface area contributed by atoms with Crippen LogP contribution >= 0.6 is 27.5 Å². The Kier molecular flexibility index (Phi) is 6.89. The fourth-order valence-electron chi connectivity index (χ4n) is 2.89. The minimum atomic E-state index is -0.0807. The first-order valence-electron chi connectivity index (χ1n) is 8.82. The van der Waals surface area contributed by atoms with E-state index in [1.54, 1.807) is 12.1 Å². The Hall–Kier alpha value is -2.14. The van der Waals surface area contributed by atoms with Gasteiger partial charge in [0.2, 0.25) is 0 Å². The third kappa shape index (κ3) is 4.82. The Labute approximate surface area is 178 Å². The van der Waals surface area contributed by atoms with Crippen molar-refractivity contribution in [1.29, 1.82) is 0 Å². The molecule has 1 radical (unpaired) electrons. The van der Waals surface area contributed by atoms with Gasteiger partial charge >= 0.3 is 0 Å². The van der Waals surface area contributed by atoms with Crippen LogP contribution < -0.4 is 5.32 Å². The average Bonchev–Trinajstić information content (AvgIpc) is 2.68. The van der Waals surface area contributed by atoms with Crippen LogP contribution in [0.25, 0.3) is 0 Å². The number of carbonyl (C=O) groups excluding carboxylic acids is 1. The van der Waals surface area contributed by atoms with Gasteiger partial charge in [0.25, 0.3) is 0 Å². The van der Waals surface area contributed by atoms with E-state index in [2.05, 4.69) is 28.2 Å². The molecule has 5 heteroatoms. The molecule has 0 unspecified atom stereocenters. The maximum absolute atomic E-state index is 12.8. The molecule has 0 heterocycles. The summed E-state index contributed by atoms with van der Waals surface area (Å²) in [5, 5.41) is 3.76. The van der Waals surface area contributed by atoms with Crippen molar-refractivity contribution in [2.24, 2.45) is 0 Å². The minimum Gasteiger partial charge on any atom is -0.377 e. The van der Waals surface area contributed by atoms with Crippen molar-refractivity contribution in [1.82, 2.24) is 0 Å². The molecular weight excluding hydrogens is 438 g/mol. The fraction of sp³-hybridized carbons (Fsp3) is 0.130. The highest BCUT2D eigenvalue weighted by atomic mass is 79.9. The van der Waals surface area contributed by atoms with Crippen molar-refractivity contribution < 1.29 is 9.53 Å². The van der Waals surface area contributed by atoms with E-state index in [0.717, 1.165) is 27.0 Å². The van der Waals surface area contributed by atoms with Crippen LogP contribution in [0.15, 0.2) is 65.1 Å². The lowest BCUT2D eigenvalue weighted by Gasteiger charge is -2.14.